The summed E-state index contributed by atoms with van der Waals surface area (Å²) in [5.74, 6) is -2.41. The monoisotopic (exact) mass is 360 g/mol. The van der Waals surface area contributed by atoms with E-state index in [1.807, 2.05) is 0 Å². The van der Waals surface area contributed by atoms with Gasteiger partial charge >= 0.3 is 17.9 Å². The van der Waals surface area contributed by atoms with Crippen LogP contribution in [-0.2, 0) is 38.2 Å². The molecule has 0 aromatic carbocycles. The number of carboxylic acids is 1. The fraction of sp³-hybridized carbons (Fsp3) is 0.625. The molecule has 0 saturated carbocycles. The van der Waals surface area contributed by atoms with Crippen LogP contribution >= 0.6 is 0 Å². The maximum Gasteiger partial charge on any atom is 0.309 e. The van der Waals surface area contributed by atoms with Crippen molar-refractivity contribution in [2.45, 2.75) is 59.3 Å². The van der Waals surface area contributed by atoms with Crippen LogP contribution < -0.4 is 0 Å². The molecule has 25 heavy (non-hydrogen) atoms. The SMILES string of the molecule is CC(=O)CCC(=O)O.CC(=O)CCC(=O)OCOC(=O)CCC(C)=O. The van der Waals surface area contributed by atoms with Crippen molar-refractivity contribution in [1.82, 2.24) is 0 Å². The quantitative estimate of drug-likeness (QED) is 0.425. The van der Waals surface area contributed by atoms with E-state index in [0.29, 0.717) is 0 Å². The Bertz CT molecular complexity index is 450. The van der Waals surface area contributed by atoms with Crippen LogP contribution in [0.25, 0.3) is 0 Å². The first-order chi connectivity index (χ1) is 11.5. The minimum atomic E-state index is -0.916. The van der Waals surface area contributed by atoms with Crippen LogP contribution in [0.2, 0.25) is 0 Å². The Hall–Kier alpha value is -2.58. The molecule has 0 radical (unpaired) electrons. The van der Waals surface area contributed by atoms with Gasteiger partial charge in [0.2, 0.25) is 6.79 Å². The highest BCUT2D eigenvalue weighted by molar-refractivity contribution is 5.82. The smallest absolute Gasteiger partial charge is 0.309 e. The second-order valence-corrected chi connectivity index (χ2v) is 5.15. The lowest BCUT2D eigenvalue weighted by molar-refractivity contribution is -0.168. The van der Waals surface area contributed by atoms with Gasteiger partial charge in [0.1, 0.15) is 17.3 Å². The second-order valence-electron chi connectivity index (χ2n) is 5.15. The fourth-order valence-electron chi connectivity index (χ4n) is 1.14. The maximum atomic E-state index is 11.0. The Morgan fingerprint density at radius 2 is 0.920 bits per heavy atom. The van der Waals surface area contributed by atoms with E-state index in [1.54, 1.807) is 0 Å². The summed E-state index contributed by atoms with van der Waals surface area (Å²) in [5, 5.41) is 8.01. The van der Waals surface area contributed by atoms with E-state index >= 15 is 0 Å². The molecule has 0 heterocycles. The lowest BCUT2D eigenvalue weighted by Crippen LogP contribution is -2.13. The molecule has 1 N–H and O–H groups in total. The molecule has 0 bridgehead atoms. The number of ketones is 3. The molecule has 0 saturated heterocycles. The molecule has 0 aromatic rings. The van der Waals surface area contributed by atoms with Crippen molar-refractivity contribution in [3.05, 3.63) is 0 Å². The Labute approximate surface area is 145 Å². The second kappa shape index (κ2) is 15.0. The van der Waals surface area contributed by atoms with Crippen LogP contribution in [0.4, 0.5) is 0 Å². The first-order valence-corrected chi connectivity index (χ1v) is 7.56. The summed E-state index contributed by atoms with van der Waals surface area (Å²) in [7, 11) is 0. The van der Waals surface area contributed by atoms with Crippen LogP contribution in [0.1, 0.15) is 59.3 Å². The van der Waals surface area contributed by atoms with Crippen molar-refractivity contribution in [3.63, 3.8) is 0 Å². The molecule has 0 spiro atoms. The number of hydrogen-bond donors (Lipinski definition) is 1. The fourth-order valence-corrected chi connectivity index (χ4v) is 1.14. The van der Waals surface area contributed by atoms with Crippen molar-refractivity contribution in [3.8, 4) is 0 Å². The standard InChI is InChI=1S/C11H16O6.C5H8O3/c1-8(12)3-5-10(14)16-7-17-11(15)6-4-9(2)13;1-4(6)2-3-5(7)8/h3-7H2,1-2H3;2-3H2,1H3,(H,7,8). The summed E-state index contributed by atoms with van der Waals surface area (Å²) >= 11 is 0. The van der Waals surface area contributed by atoms with Crippen molar-refractivity contribution >= 4 is 35.3 Å². The van der Waals surface area contributed by atoms with Gasteiger partial charge in [-0.05, 0) is 20.8 Å². The van der Waals surface area contributed by atoms with Gasteiger partial charge in [0.05, 0.1) is 19.3 Å². The normalized spacial score (nSPS) is 9.24. The summed E-state index contributed by atoms with van der Waals surface area (Å²) in [5.41, 5.74) is 0. The summed E-state index contributed by atoms with van der Waals surface area (Å²) < 4.78 is 9.10. The molecule has 142 valence electrons. The summed E-state index contributed by atoms with van der Waals surface area (Å²) in [6.07, 6.45) is 0.263. The molecule has 9 nitrogen and oxygen atoms in total. The summed E-state index contributed by atoms with van der Waals surface area (Å²) in [6.45, 7) is 3.64. The van der Waals surface area contributed by atoms with Crippen LogP contribution in [-0.4, -0.2) is 47.2 Å². The zero-order valence-corrected chi connectivity index (χ0v) is 14.7. The topological polar surface area (TPSA) is 141 Å². The van der Waals surface area contributed by atoms with Gasteiger partial charge in [-0.1, -0.05) is 0 Å². The van der Waals surface area contributed by atoms with Gasteiger partial charge in [-0.15, -0.1) is 0 Å². The molecule has 9 heteroatoms. The molecule has 0 unspecified atom stereocenters. The van der Waals surface area contributed by atoms with Gasteiger partial charge in [-0.25, -0.2) is 0 Å². The molecule has 0 aromatic heterocycles. The number of esters is 2. The highest BCUT2D eigenvalue weighted by Gasteiger charge is 2.08. The molecule has 0 aliphatic heterocycles. The van der Waals surface area contributed by atoms with E-state index < -0.39 is 24.7 Å². The highest BCUT2D eigenvalue weighted by Crippen LogP contribution is 1.97. The molecular weight excluding hydrogens is 336 g/mol. The van der Waals surface area contributed by atoms with Gasteiger partial charge in [0.15, 0.2) is 0 Å². The molecule has 0 rings (SSSR count). The molecule has 0 atom stereocenters. The number of ether oxygens (including phenoxy) is 2. The number of carbonyl (C=O) groups excluding carboxylic acids is 5. The summed E-state index contributed by atoms with van der Waals surface area (Å²) in [4.78, 5) is 62.9. The van der Waals surface area contributed by atoms with Gasteiger partial charge < -0.3 is 29.0 Å². The van der Waals surface area contributed by atoms with E-state index in [0.717, 1.165) is 0 Å². The summed E-state index contributed by atoms with van der Waals surface area (Å²) in [6, 6.07) is 0. The van der Waals surface area contributed by atoms with Crippen LogP contribution in [0.3, 0.4) is 0 Å². The number of hydrogen-bond acceptors (Lipinski definition) is 8. The average Bonchev–Trinajstić information content (AvgIpc) is 2.49. The zero-order chi connectivity index (χ0) is 19.8. The van der Waals surface area contributed by atoms with Gasteiger partial charge in [0, 0.05) is 19.3 Å². The van der Waals surface area contributed by atoms with Crippen LogP contribution in [0, 0.1) is 0 Å². The number of aliphatic carboxylic acids is 1. The first kappa shape index (κ1) is 24.7. The van der Waals surface area contributed by atoms with Crippen molar-refractivity contribution in [2.24, 2.45) is 0 Å². The van der Waals surface area contributed by atoms with Crippen LogP contribution in [0.15, 0.2) is 0 Å². The van der Waals surface area contributed by atoms with E-state index in [9.17, 15) is 28.8 Å². The maximum absolute atomic E-state index is 11.0. The third kappa shape index (κ3) is 23.8. The van der Waals surface area contributed by atoms with Crippen molar-refractivity contribution in [2.75, 3.05) is 6.79 Å². The Balaban J connectivity index is 0. The van der Waals surface area contributed by atoms with Crippen LogP contribution in [0.5, 0.6) is 0 Å². The number of carboxylic acid groups (broad SMARTS) is 1. The third-order valence-corrected chi connectivity index (χ3v) is 2.49. The van der Waals surface area contributed by atoms with Gasteiger partial charge in [-0.3, -0.25) is 14.4 Å². The van der Waals surface area contributed by atoms with Gasteiger partial charge in [-0.2, -0.15) is 0 Å². The zero-order valence-electron chi connectivity index (χ0n) is 14.7. The molecule has 0 aliphatic rings. The lowest BCUT2D eigenvalue weighted by Gasteiger charge is -2.05. The number of rotatable bonds is 11. The average molecular weight is 360 g/mol. The predicted octanol–water partition coefficient (Wildman–Crippen LogP) is 1.21. The van der Waals surface area contributed by atoms with E-state index in [4.69, 9.17) is 5.11 Å². The van der Waals surface area contributed by atoms with Crippen molar-refractivity contribution < 1.29 is 43.3 Å². The van der Waals surface area contributed by atoms with E-state index in [-0.39, 0.29) is 55.9 Å². The lowest BCUT2D eigenvalue weighted by atomic mass is 10.2. The van der Waals surface area contributed by atoms with Crippen molar-refractivity contribution in [1.29, 1.82) is 0 Å². The highest BCUT2D eigenvalue weighted by atomic mass is 16.7. The van der Waals surface area contributed by atoms with E-state index in [1.165, 1.54) is 20.8 Å². The third-order valence-electron chi connectivity index (χ3n) is 2.49. The largest absolute Gasteiger partial charge is 0.481 e. The Morgan fingerprint density at radius 3 is 1.16 bits per heavy atom. The molecule has 0 fully saturated rings. The predicted molar refractivity (Wildman–Crippen MR) is 84.4 cm³/mol. The molecule has 0 amide bonds. The number of carbonyl (C=O) groups is 6. The first-order valence-electron chi connectivity index (χ1n) is 7.56. The van der Waals surface area contributed by atoms with E-state index in [2.05, 4.69) is 9.47 Å². The molecule has 0 aliphatic carbocycles. The Morgan fingerprint density at radius 1 is 0.600 bits per heavy atom. The molecular formula is C16H24O9. The minimum absolute atomic E-state index is 0.0275. The minimum Gasteiger partial charge on any atom is -0.481 e. The van der Waals surface area contributed by atoms with Gasteiger partial charge in [0.25, 0.3) is 0 Å². The number of Topliss-reactive ketones (excluding diaryl/α,β-unsaturated/α-hetero) is 3. The Kier molecular flexibility index (Phi) is 14.8.